The zero-order chi connectivity index (χ0) is 20.1. The molecule has 3 aliphatic rings. The predicted molar refractivity (Wildman–Crippen MR) is 126 cm³/mol. The Bertz CT molecular complexity index is 598. The van der Waals surface area contributed by atoms with Gasteiger partial charge in [0, 0.05) is 52.7 Å². The highest BCUT2D eigenvalue weighted by molar-refractivity contribution is 14.0. The average molecular weight is 519 g/mol. The van der Waals surface area contributed by atoms with Crippen LogP contribution < -0.4 is 10.6 Å². The molecular formula is C21H38IN5O2. The van der Waals surface area contributed by atoms with Crippen LogP contribution in [0, 0.1) is 11.3 Å². The van der Waals surface area contributed by atoms with Crippen LogP contribution in [0.3, 0.4) is 0 Å². The van der Waals surface area contributed by atoms with Crippen molar-refractivity contribution in [1.82, 2.24) is 20.4 Å². The highest BCUT2D eigenvalue weighted by Gasteiger charge is 2.42. The fraction of sp³-hybridized carbons (Fsp3) is 0.857. The summed E-state index contributed by atoms with van der Waals surface area (Å²) < 4.78 is 0. The Hall–Kier alpha value is -1.06. The molecule has 1 saturated heterocycles. The molecule has 3 fully saturated rings. The van der Waals surface area contributed by atoms with E-state index in [0.717, 1.165) is 64.0 Å². The largest absolute Gasteiger partial charge is 0.355 e. The summed E-state index contributed by atoms with van der Waals surface area (Å²) in [4.78, 5) is 33.5. The monoisotopic (exact) mass is 519 g/mol. The summed E-state index contributed by atoms with van der Waals surface area (Å²) >= 11 is 0. The Balaban J connectivity index is 0.00000300. The molecule has 166 valence electrons. The van der Waals surface area contributed by atoms with E-state index in [2.05, 4.69) is 15.6 Å². The number of amides is 2. The fourth-order valence-electron chi connectivity index (χ4n) is 5.14. The molecule has 2 saturated carbocycles. The summed E-state index contributed by atoms with van der Waals surface area (Å²) in [7, 11) is 5.44. The van der Waals surface area contributed by atoms with Crippen molar-refractivity contribution in [3.05, 3.63) is 0 Å². The van der Waals surface area contributed by atoms with Crippen molar-refractivity contribution >= 4 is 41.8 Å². The first-order valence-corrected chi connectivity index (χ1v) is 10.9. The minimum atomic E-state index is -0.318. The van der Waals surface area contributed by atoms with Crippen molar-refractivity contribution in [3.8, 4) is 0 Å². The molecule has 2 amide bonds. The van der Waals surface area contributed by atoms with Crippen molar-refractivity contribution in [2.45, 2.75) is 63.8 Å². The minimum Gasteiger partial charge on any atom is -0.355 e. The van der Waals surface area contributed by atoms with Crippen molar-refractivity contribution < 1.29 is 9.59 Å². The van der Waals surface area contributed by atoms with Gasteiger partial charge in [-0.1, -0.05) is 25.7 Å². The van der Waals surface area contributed by atoms with Gasteiger partial charge in [-0.05, 0) is 32.1 Å². The number of likely N-dealkylation sites (tertiary alicyclic amines) is 1. The van der Waals surface area contributed by atoms with Gasteiger partial charge in [-0.25, -0.2) is 0 Å². The smallest absolute Gasteiger partial charge is 0.230 e. The van der Waals surface area contributed by atoms with E-state index in [1.54, 1.807) is 11.9 Å². The first-order chi connectivity index (χ1) is 13.4. The fourth-order valence-corrected chi connectivity index (χ4v) is 5.14. The minimum absolute atomic E-state index is 0. The molecule has 1 atom stereocenters. The molecule has 2 aliphatic carbocycles. The van der Waals surface area contributed by atoms with E-state index in [1.165, 1.54) is 12.8 Å². The molecule has 8 heteroatoms. The highest BCUT2D eigenvalue weighted by Crippen LogP contribution is 2.39. The summed E-state index contributed by atoms with van der Waals surface area (Å²) in [6.45, 7) is 2.19. The van der Waals surface area contributed by atoms with E-state index < -0.39 is 0 Å². The van der Waals surface area contributed by atoms with Gasteiger partial charge in [-0.15, -0.1) is 24.0 Å². The van der Waals surface area contributed by atoms with Gasteiger partial charge in [0.25, 0.3) is 0 Å². The number of hydrogen-bond acceptors (Lipinski definition) is 3. The van der Waals surface area contributed by atoms with Crippen LogP contribution in [-0.2, 0) is 9.59 Å². The highest BCUT2D eigenvalue weighted by atomic mass is 127. The predicted octanol–water partition coefficient (Wildman–Crippen LogP) is 2.21. The number of carbonyl (C=O) groups excluding carboxylic acids is 2. The molecule has 2 N–H and O–H groups in total. The van der Waals surface area contributed by atoms with Gasteiger partial charge in [0.2, 0.25) is 11.8 Å². The number of guanidine groups is 1. The van der Waals surface area contributed by atoms with E-state index in [0.29, 0.717) is 12.5 Å². The van der Waals surface area contributed by atoms with Crippen molar-refractivity contribution in [2.75, 3.05) is 40.8 Å². The Morgan fingerprint density at radius 2 is 1.76 bits per heavy atom. The third-order valence-corrected chi connectivity index (χ3v) is 6.78. The molecule has 0 aromatic heterocycles. The average Bonchev–Trinajstić information content (AvgIpc) is 3.46. The topological polar surface area (TPSA) is 77.0 Å². The molecule has 0 bridgehead atoms. The lowest BCUT2D eigenvalue weighted by Gasteiger charge is -2.31. The zero-order valence-corrected chi connectivity index (χ0v) is 20.5. The Kier molecular flexibility index (Phi) is 9.03. The Morgan fingerprint density at radius 3 is 2.34 bits per heavy atom. The summed E-state index contributed by atoms with van der Waals surface area (Å²) in [5.41, 5.74) is -0.318. The maximum atomic E-state index is 12.7. The molecular weight excluding hydrogens is 481 g/mol. The normalized spacial score (nSPS) is 24.3. The lowest BCUT2D eigenvalue weighted by Crippen LogP contribution is -2.51. The Labute approximate surface area is 192 Å². The van der Waals surface area contributed by atoms with Crippen LogP contribution in [0.25, 0.3) is 0 Å². The van der Waals surface area contributed by atoms with Crippen molar-refractivity contribution in [1.29, 1.82) is 0 Å². The number of rotatable bonds is 5. The molecule has 0 aromatic rings. The third-order valence-electron chi connectivity index (χ3n) is 6.78. The molecule has 1 aliphatic heterocycles. The van der Waals surface area contributed by atoms with Crippen LogP contribution in [0.2, 0.25) is 0 Å². The number of carbonyl (C=O) groups is 2. The zero-order valence-electron chi connectivity index (χ0n) is 18.2. The van der Waals surface area contributed by atoms with Crippen molar-refractivity contribution in [3.63, 3.8) is 0 Å². The molecule has 1 unspecified atom stereocenters. The van der Waals surface area contributed by atoms with Gasteiger partial charge in [-0.3, -0.25) is 14.6 Å². The van der Waals surface area contributed by atoms with Crippen LogP contribution in [-0.4, -0.2) is 74.4 Å². The molecule has 0 aromatic carbocycles. The van der Waals surface area contributed by atoms with Gasteiger partial charge in [0.1, 0.15) is 0 Å². The third kappa shape index (κ3) is 5.76. The maximum absolute atomic E-state index is 12.7. The number of hydrogen-bond donors (Lipinski definition) is 2. The van der Waals surface area contributed by atoms with E-state index in [-0.39, 0.29) is 47.3 Å². The van der Waals surface area contributed by atoms with E-state index >= 15 is 0 Å². The van der Waals surface area contributed by atoms with Gasteiger partial charge in [0.15, 0.2) is 5.96 Å². The second-order valence-electron chi connectivity index (χ2n) is 9.01. The lowest BCUT2D eigenvalue weighted by atomic mass is 9.84. The summed E-state index contributed by atoms with van der Waals surface area (Å²) in [6.07, 6.45) is 9.51. The van der Waals surface area contributed by atoms with Crippen molar-refractivity contribution in [2.24, 2.45) is 16.3 Å². The first kappa shape index (κ1) is 24.2. The standard InChI is InChI=1S/C21H37N5O2.HI/c1-22-20(23-15-21(11-6-7-12-21)19(28)25(2)3)24-17-10-13-26(14-17)18(27)16-8-4-5-9-16;/h16-17H,4-15H2,1-3H3,(H2,22,23,24);1H. The van der Waals surface area contributed by atoms with Crippen LogP contribution in [0.1, 0.15) is 57.8 Å². The van der Waals surface area contributed by atoms with Gasteiger partial charge in [-0.2, -0.15) is 0 Å². The van der Waals surface area contributed by atoms with Crippen LogP contribution in [0.5, 0.6) is 0 Å². The number of halogens is 1. The van der Waals surface area contributed by atoms with Gasteiger partial charge >= 0.3 is 0 Å². The van der Waals surface area contributed by atoms with Crippen LogP contribution in [0.4, 0.5) is 0 Å². The second-order valence-corrected chi connectivity index (χ2v) is 9.01. The van der Waals surface area contributed by atoms with E-state index in [1.807, 2.05) is 19.0 Å². The van der Waals surface area contributed by atoms with Gasteiger partial charge < -0.3 is 20.4 Å². The molecule has 7 nitrogen and oxygen atoms in total. The number of aliphatic imine (C=N–C) groups is 1. The Morgan fingerprint density at radius 1 is 1.10 bits per heavy atom. The van der Waals surface area contributed by atoms with E-state index in [4.69, 9.17) is 0 Å². The molecule has 1 heterocycles. The van der Waals surface area contributed by atoms with Crippen LogP contribution >= 0.6 is 24.0 Å². The maximum Gasteiger partial charge on any atom is 0.230 e. The summed E-state index contributed by atoms with van der Waals surface area (Å²) in [5.74, 6) is 1.53. The number of nitrogens with one attached hydrogen (secondary N) is 2. The SMILES string of the molecule is CN=C(NCC1(C(=O)N(C)C)CCCC1)NC1CCN(C(=O)C2CCCC2)C1.I. The van der Waals surface area contributed by atoms with Crippen LogP contribution in [0.15, 0.2) is 4.99 Å². The lowest BCUT2D eigenvalue weighted by molar-refractivity contribution is -0.139. The first-order valence-electron chi connectivity index (χ1n) is 10.9. The van der Waals surface area contributed by atoms with E-state index in [9.17, 15) is 9.59 Å². The molecule has 0 radical (unpaired) electrons. The second kappa shape index (κ2) is 10.8. The summed E-state index contributed by atoms with van der Waals surface area (Å²) in [6, 6.07) is 0.223. The van der Waals surface area contributed by atoms with Gasteiger partial charge in [0.05, 0.1) is 5.41 Å². The molecule has 29 heavy (non-hydrogen) atoms. The summed E-state index contributed by atoms with van der Waals surface area (Å²) in [5, 5.41) is 6.87. The number of nitrogens with zero attached hydrogens (tertiary/aromatic N) is 3. The molecule has 0 spiro atoms. The quantitative estimate of drug-likeness (QED) is 0.332. The molecule has 3 rings (SSSR count).